The molecule has 0 saturated carbocycles. The van der Waals surface area contributed by atoms with Gasteiger partial charge in [-0.2, -0.15) is 0 Å². The van der Waals surface area contributed by atoms with E-state index in [1.54, 1.807) is 0 Å². The van der Waals surface area contributed by atoms with Crippen molar-refractivity contribution >= 4 is 53.8 Å². The normalized spacial score (nSPS) is 13.7. The van der Waals surface area contributed by atoms with Crippen LogP contribution in [0.2, 0.25) is 0 Å². The Labute approximate surface area is 171 Å². The van der Waals surface area contributed by atoms with Gasteiger partial charge in [0, 0.05) is 4.47 Å². The molecule has 1 unspecified atom stereocenters. The molecule has 5 heteroatoms. The van der Waals surface area contributed by atoms with Gasteiger partial charge in [0.15, 0.2) is 5.75 Å². The fourth-order valence-electron chi connectivity index (χ4n) is 2.42. The zero-order chi connectivity index (χ0) is 18.7. The molecule has 136 valence electrons. The van der Waals surface area contributed by atoms with E-state index in [-0.39, 0.29) is 22.7 Å². The lowest BCUT2D eigenvalue weighted by atomic mass is 9.68. The summed E-state index contributed by atoms with van der Waals surface area (Å²) in [5.41, 5.74) is -0.0118. The van der Waals surface area contributed by atoms with E-state index in [4.69, 9.17) is 4.74 Å². The second kappa shape index (κ2) is 8.68. The maximum absolute atomic E-state index is 13.0. The summed E-state index contributed by atoms with van der Waals surface area (Å²) in [6, 6.07) is 3.76. The third kappa shape index (κ3) is 5.84. The summed E-state index contributed by atoms with van der Waals surface area (Å²) in [7, 11) is 0. The fourth-order valence-corrected chi connectivity index (χ4v) is 4.84. The number of hydrogen-bond donors (Lipinski definition) is 0. The van der Waals surface area contributed by atoms with Crippen molar-refractivity contribution in [1.29, 1.82) is 0 Å². The van der Waals surface area contributed by atoms with Crippen LogP contribution in [0.5, 0.6) is 5.75 Å². The van der Waals surface area contributed by atoms with Crippen molar-refractivity contribution in [1.82, 2.24) is 0 Å². The molecule has 2 nitrogen and oxygen atoms in total. The topological polar surface area (TPSA) is 26.3 Å². The van der Waals surface area contributed by atoms with E-state index in [0.717, 1.165) is 32.7 Å². The molecular formula is C19H27Br3O2. The van der Waals surface area contributed by atoms with Gasteiger partial charge in [0.25, 0.3) is 0 Å². The summed E-state index contributed by atoms with van der Waals surface area (Å²) < 4.78 is 8.23. The lowest BCUT2D eigenvalue weighted by Crippen LogP contribution is -2.37. The highest BCUT2D eigenvalue weighted by Crippen LogP contribution is 2.43. The summed E-state index contributed by atoms with van der Waals surface area (Å²) >= 11 is 10.4. The fraction of sp³-hybridized carbons (Fsp3) is 0.632. The molecule has 0 aromatic heterocycles. The first kappa shape index (κ1) is 22.2. The number of ether oxygens (including phenoxy) is 1. The first-order valence-corrected chi connectivity index (χ1v) is 10.7. The third-order valence-electron chi connectivity index (χ3n) is 5.02. The van der Waals surface area contributed by atoms with E-state index in [2.05, 4.69) is 89.3 Å². The Hall–Kier alpha value is 0.130. The molecular weight excluding hydrogens is 500 g/mol. The molecule has 0 fully saturated rings. The number of hydrogen-bond acceptors (Lipinski definition) is 2. The molecule has 0 spiro atoms. The second-order valence-corrected chi connectivity index (χ2v) is 10.4. The first-order valence-electron chi connectivity index (χ1n) is 8.29. The Morgan fingerprint density at radius 2 is 1.54 bits per heavy atom. The Balaban J connectivity index is 3.14. The molecule has 0 aliphatic carbocycles. The van der Waals surface area contributed by atoms with Crippen LogP contribution < -0.4 is 4.74 Å². The van der Waals surface area contributed by atoms with Gasteiger partial charge in [-0.3, -0.25) is 4.79 Å². The molecule has 0 heterocycles. The lowest BCUT2D eigenvalue weighted by molar-refractivity contribution is -0.145. The first-order chi connectivity index (χ1) is 10.9. The van der Waals surface area contributed by atoms with Crippen molar-refractivity contribution in [2.75, 3.05) is 0 Å². The van der Waals surface area contributed by atoms with Crippen LogP contribution in [0.25, 0.3) is 0 Å². The van der Waals surface area contributed by atoms with Crippen LogP contribution in [0.15, 0.2) is 25.6 Å². The highest BCUT2D eigenvalue weighted by atomic mass is 79.9. The van der Waals surface area contributed by atoms with E-state index < -0.39 is 0 Å². The quantitative estimate of drug-likeness (QED) is 0.268. The van der Waals surface area contributed by atoms with Gasteiger partial charge in [-0.25, -0.2) is 0 Å². The molecule has 0 saturated heterocycles. The van der Waals surface area contributed by atoms with Gasteiger partial charge in [-0.15, -0.1) is 0 Å². The van der Waals surface area contributed by atoms with E-state index >= 15 is 0 Å². The molecule has 0 aliphatic rings. The lowest BCUT2D eigenvalue weighted by Gasteiger charge is -2.37. The average Bonchev–Trinajstić information content (AvgIpc) is 2.48. The third-order valence-corrected chi connectivity index (χ3v) is 6.65. The highest BCUT2D eigenvalue weighted by molar-refractivity contribution is 9.11. The zero-order valence-corrected chi connectivity index (χ0v) is 20.1. The van der Waals surface area contributed by atoms with Gasteiger partial charge >= 0.3 is 5.97 Å². The van der Waals surface area contributed by atoms with E-state index in [1.807, 2.05) is 12.1 Å². The molecule has 1 rings (SSSR count). The molecule has 0 amide bonds. The molecule has 0 bridgehead atoms. The predicted molar refractivity (Wildman–Crippen MR) is 111 cm³/mol. The summed E-state index contributed by atoms with van der Waals surface area (Å²) in [4.78, 5) is 13.0. The predicted octanol–water partition coefficient (Wildman–Crippen LogP) is 7.76. The monoisotopic (exact) mass is 524 g/mol. The number of halogens is 3. The van der Waals surface area contributed by atoms with Crippen LogP contribution >= 0.6 is 47.8 Å². The van der Waals surface area contributed by atoms with Crippen LogP contribution in [0.4, 0.5) is 0 Å². The Bertz CT molecular complexity index is 571. The number of esters is 1. The van der Waals surface area contributed by atoms with Crippen LogP contribution in [0, 0.1) is 16.7 Å². The van der Waals surface area contributed by atoms with Crippen LogP contribution in [-0.2, 0) is 4.79 Å². The molecule has 0 aliphatic heterocycles. The maximum atomic E-state index is 13.0. The van der Waals surface area contributed by atoms with Crippen LogP contribution in [0.3, 0.4) is 0 Å². The molecule has 24 heavy (non-hydrogen) atoms. The summed E-state index contributed by atoms with van der Waals surface area (Å²) in [6.45, 7) is 13.0. The van der Waals surface area contributed by atoms with Gasteiger partial charge in [0.2, 0.25) is 0 Å². The number of benzene rings is 1. The summed E-state index contributed by atoms with van der Waals surface area (Å²) in [5, 5.41) is 0. The van der Waals surface area contributed by atoms with Crippen LogP contribution in [-0.4, -0.2) is 5.97 Å². The van der Waals surface area contributed by atoms with Crippen molar-refractivity contribution < 1.29 is 9.53 Å². The second-order valence-electron chi connectivity index (χ2n) is 7.74. The largest absolute Gasteiger partial charge is 0.424 e. The standard InChI is InChI=1S/C19H27Br3O2/c1-7-18(3,4)11-13(19(5,6)8-2)17(23)24-16-14(21)9-12(20)10-15(16)22/h9-10,13H,7-8,11H2,1-6H3. The van der Waals surface area contributed by atoms with Crippen molar-refractivity contribution in [3.63, 3.8) is 0 Å². The maximum Gasteiger partial charge on any atom is 0.314 e. The summed E-state index contributed by atoms with van der Waals surface area (Å²) in [5.74, 6) is 0.224. The molecule has 1 aromatic rings. The van der Waals surface area contributed by atoms with Crippen molar-refractivity contribution in [2.45, 2.75) is 60.8 Å². The number of rotatable bonds is 7. The zero-order valence-electron chi connectivity index (χ0n) is 15.3. The SMILES string of the molecule is CCC(C)(C)CC(C(=O)Oc1c(Br)cc(Br)cc1Br)C(C)(C)CC. The van der Waals surface area contributed by atoms with Crippen molar-refractivity contribution in [3.8, 4) is 5.75 Å². The Morgan fingerprint density at radius 1 is 1.04 bits per heavy atom. The Morgan fingerprint density at radius 3 is 1.96 bits per heavy atom. The van der Waals surface area contributed by atoms with Crippen LogP contribution in [0.1, 0.15) is 60.8 Å². The van der Waals surface area contributed by atoms with E-state index in [9.17, 15) is 4.79 Å². The smallest absolute Gasteiger partial charge is 0.314 e. The van der Waals surface area contributed by atoms with Gasteiger partial charge < -0.3 is 4.74 Å². The minimum Gasteiger partial charge on any atom is -0.424 e. The van der Waals surface area contributed by atoms with Crippen molar-refractivity contribution in [2.24, 2.45) is 16.7 Å². The van der Waals surface area contributed by atoms with Gasteiger partial charge in [0.05, 0.1) is 14.9 Å². The number of carbonyl (C=O) groups is 1. The minimum atomic E-state index is -0.160. The summed E-state index contributed by atoms with van der Waals surface area (Å²) in [6.07, 6.45) is 2.77. The van der Waals surface area contributed by atoms with Gasteiger partial charge in [-0.1, -0.05) is 70.3 Å². The molecule has 0 N–H and O–H groups in total. The van der Waals surface area contributed by atoms with Gasteiger partial charge in [0.1, 0.15) is 0 Å². The van der Waals surface area contributed by atoms with Gasteiger partial charge in [-0.05, 0) is 61.2 Å². The van der Waals surface area contributed by atoms with E-state index in [1.165, 1.54) is 0 Å². The molecule has 0 radical (unpaired) electrons. The molecule has 1 atom stereocenters. The number of carbonyl (C=O) groups excluding carboxylic acids is 1. The average molecular weight is 527 g/mol. The highest BCUT2D eigenvalue weighted by Gasteiger charge is 2.39. The van der Waals surface area contributed by atoms with E-state index in [0.29, 0.717) is 5.75 Å². The Kier molecular flexibility index (Phi) is 8.02. The van der Waals surface area contributed by atoms with Crippen molar-refractivity contribution in [3.05, 3.63) is 25.6 Å². The molecule has 1 aromatic carbocycles. The minimum absolute atomic E-state index is 0.101.